The molecule has 0 saturated heterocycles. The van der Waals surface area contributed by atoms with Crippen molar-refractivity contribution < 1.29 is 23.8 Å². The van der Waals surface area contributed by atoms with Gasteiger partial charge < -0.3 is 14.2 Å². The Hall–Kier alpha value is -2.60. The zero-order valence-corrected chi connectivity index (χ0v) is 14.3. The van der Waals surface area contributed by atoms with Crippen LogP contribution in [0.25, 0.3) is 0 Å². The number of thiophene rings is 1. The molecule has 0 saturated carbocycles. The molecular formula is C18H18O5S. The Bertz CT molecular complexity index is 718. The first kappa shape index (κ1) is 17.7. The van der Waals surface area contributed by atoms with Gasteiger partial charge in [0.15, 0.2) is 0 Å². The standard InChI is InChI=1S/C18H18O5S/c1-21-17(19)11-16(18(20)22-2)23-12-15-9-8-14(24-15)10-13-6-4-3-5-7-13/h3-9,11H,10,12H2,1-2H3/b16-11+. The highest BCUT2D eigenvalue weighted by Crippen LogP contribution is 2.21. The van der Waals surface area contributed by atoms with E-state index < -0.39 is 11.9 Å². The second-order valence-electron chi connectivity index (χ2n) is 4.84. The number of hydrogen-bond acceptors (Lipinski definition) is 6. The summed E-state index contributed by atoms with van der Waals surface area (Å²) >= 11 is 1.59. The molecule has 0 aliphatic heterocycles. The van der Waals surface area contributed by atoms with Crippen molar-refractivity contribution in [2.45, 2.75) is 13.0 Å². The minimum absolute atomic E-state index is 0.178. The number of carbonyl (C=O) groups is 2. The summed E-state index contributed by atoms with van der Waals surface area (Å²) in [5, 5.41) is 0. The van der Waals surface area contributed by atoms with Crippen molar-refractivity contribution in [2.75, 3.05) is 14.2 Å². The summed E-state index contributed by atoms with van der Waals surface area (Å²) < 4.78 is 14.5. The molecule has 1 aromatic heterocycles. The first-order chi connectivity index (χ1) is 11.6. The van der Waals surface area contributed by atoms with E-state index in [1.807, 2.05) is 30.3 Å². The lowest BCUT2D eigenvalue weighted by atomic mass is 10.1. The summed E-state index contributed by atoms with van der Waals surface area (Å²) in [4.78, 5) is 25.0. The molecule has 0 amide bonds. The van der Waals surface area contributed by atoms with E-state index in [-0.39, 0.29) is 12.4 Å². The van der Waals surface area contributed by atoms with Crippen molar-refractivity contribution in [3.8, 4) is 0 Å². The molecule has 0 spiro atoms. The number of esters is 2. The number of benzene rings is 1. The van der Waals surface area contributed by atoms with Crippen molar-refractivity contribution in [3.63, 3.8) is 0 Å². The van der Waals surface area contributed by atoms with Crippen molar-refractivity contribution >= 4 is 23.3 Å². The van der Waals surface area contributed by atoms with Crippen LogP contribution in [0.1, 0.15) is 15.3 Å². The van der Waals surface area contributed by atoms with Crippen LogP contribution in [-0.2, 0) is 36.8 Å². The van der Waals surface area contributed by atoms with Gasteiger partial charge in [0.25, 0.3) is 0 Å². The molecule has 0 unspecified atom stereocenters. The highest BCUT2D eigenvalue weighted by molar-refractivity contribution is 7.12. The molecule has 6 heteroatoms. The maximum atomic E-state index is 11.6. The van der Waals surface area contributed by atoms with Gasteiger partial charge in [0, 0.05) is 16.2 Å². The molecule has 0 aliphatic carbocycles. The van der Waals surface area contributed by atoms with Gasteiger partial charge in [-0.1, -0.05) is 30.3 Å². The van der Waals surface area contributed by atoms with E-state index in [9.17, 15) is 9.59 Å². The Kier molecular flexibility index (Phi) is 6.57. The molecule has 1 heterocycles. The normalized spacial score (nSPS) is 11.0. The molecule has 126 valence electrons. The average molecular weight is 346 g/mol. The molecule has 24 heavy (non-hydrogen) atoms. The van der Waals surface area contributed by atoms with Gasteiger partial charge in [-0.15, -0.1) is 11.3 Å². The van der Waals surface area contributed by atoms with E-state index in [1.54, 1.807) is 11.3 Å². The van der Waals surface area contributed by atoms with Gasteiger partial charge in [-0.2, -0.15) is 0 Å². The molecule has 0 aliphatic rings. The summed E-state index contributed by atoms with van der Waals surface area (Å²) in [6, 6.07) is 14.1. The highest BCUT2D eigenvalue weighted by atomic mass is 32.1. The number of rotatable bonds is 7. The molecular weight excluding hydrogens is 328 g/mol. The lowest BCUT2D eigenvalue weighted by molar-refractivity contribution is -0.142. The molecule has 1 aromatic carbocycles. The first-order valence-corrected chi connectivity index (χ1v) is 8.06. The first-order valence-electron chi connectivity index (χ1n) is 7.24. The number of methoxy groups -OCH3 is 2. The van der Waals surface area contributed by atoms with E-state index in [0.717, 1.165) is 17.4 Å². The van der Waals surface area contributed by atoms with E-state index in [1.165, 1.54) is 24.7 Å². The van der Waals surface area contributed by atoms with Crippen molar-refractivity contribution in [1.82, 2.24) is 0 Å². The fourth-order valence-corrected chi connectivity index (χ4v) is 2.93. The molecule has 2 aromatic rings. The van der Waals surface area contributed by atoms with Gasteiger partial charge in [-0.3, -0.25) is 0 Å². The Balaban J connectivity index is 1.99. The van der Waals surface area contributed by atoms with E-state index in [4.69, 9.17) is 4.74 Å². The molecule has 0 atom stereocenters. The largest absolute Gasteiger partial charge is 0.481 e. The van der Waals surface area contributed by atoms with Gasteiger partial charge in [0.1, 0.15) is 6.61 Å². The van der Waals surface area contributed by atoms with Crippen LogP contribution in [0.5, 0.6) is 0 Å². The topological polar surface area (TPSA) is 61.8 Å². The smallest absolute Gasteiger partial charge is 0.373 e. The molecule has 2 rings (SSSR count). The Morgan fingerprint density at radius 3 is 2.38 bits per heavy atom. The van der Waals surface area contributed by atoms with Crippen molar-refractivity contribution in [2.24, 2.45) is 0 Å². The van der Waals surface area contributed by atoms with Crippen LogP contribution in [0.3, 0.4) is 0 Å². The van der Waals surface area contributed by atoms with Gasteiger partial charge >= 0.3 is 11.9 Å². The highest BCUT2D eigenvalue weighted by Gasteiger charge is 2.14. The summed E-state index contributed by atoms with van der Waals surface area (Å²) in [7, 11) is 2.45. The molecule has 5 nitrogen and oxygen atoms in total. The summed E-state index contributed by atoms with van der Waals surface area (Å²) in [5.41, 5.74) is 1.23. The second kappa shape index (κ2) is 8.88. The molecule has 0 N–H and O–H groups in total. The predicted molar refractivity (Wildman–Crippen MR) is 90.5 cm³/mol. The van der Waals surface area contributed by atoms with Gasteiger partial charge in [-0.25, -0.2) is 9.59 Å². The third kappa shape index (κ3) is 5.24. The third-order valence-corrected chi connectivity index (χ3v) is 4.20. The maximum absolute atomic E-state index is 11.6. The molecule has 0 fully saturated rings. The summed E-state index contributed by atoms with van der Waals surface area (Å²) in [6.07, 6.45) is 1.82. The second-order valence-corrected chi connectivity index (χ2v) is 6.10. The Morgan fingerprint density at radius 2 is 1.71 bits per heavy atom. The minimum atomic E-state index is -0.721. The maximum Gasteiger partial charge on any atom is 0.373 e. The average Bonchev–Trinajstić information content (AvgIpc) is 3.05. The lowest BCUT2D eigenvalue weighted by Crippen LogP contribution is -2.11. The van der Waals surface area contributed by atoms with Crippen molar-refractivity contribution in [3.05, 3.63) is 69.6 Å². The number of hydrogen-bond donors (Lipinski definition) is 0. The fourth-order valence-electron chi connectivity index (χ4n) is 1.97. The molecule has 0 bridgehead atoms. The van der Waals surface area contributed by atoms with Crippen LogP contribution in [-0.4, -0.2) is 26.2 Å². The summed E-state index contributed by atoms with van der Waals surface area (Å²) in [6.45, 7) is 0.178. The predicted octanol–water partition coefficient (Wildman–Crippen LogP) is 3.09. The van der Waals surface area contributed by atoms with E-state index in [2.05, 4.69) is 21.6 Å². The van der Waals surface area contributed by atoms with Crippen LogP contribution in [0, 0.1) is 0 Å². The van der Waals surface area contributed by atoms with Gasteiger partial charge in [0.05, 0.1) is 20.3 Å². The van der Waals surface area contributed by atoms with Crippen LogP contribution < -0.4 is 0 Å². The third-order valence-electron chi connectivity index (χ3n) is 3.15. The Labute approximate surface area is 144 Å². The zero-order valence-electron chi connectivity index (χ0n) is 13.5. The SMILES string of the molecule is COC(=O)/C=C(/OCc1ccc(Cc2ccccc2)s1)C(=O)OC. The lowest BCUT2D eigenvalue weighted by Gasteiger charge is -2.07. The minimum Gasteiger partial charge on any atom is -0.481 e. The van der Waals surface area contributed by atoms with Crippen LogP contribution in [0.2, 0.25) is 0 Å². The van der Waals surface area contributed by atoms with Crippen LogP contribution in [0.15, 0.2) is 54.3 Å². The van der Waals surface area contributed by atoms with Gasteiger partial charge in [0.2, 0.25) is 5.76 Å². The number of ether oxygens (including phenoxy) is 3. The monoisotopic (exact) mass is 346 g/mol. The zero-order chi connectivity index (χ0) is 17.4. The van der Waals surface area contributed by atoms with Crippen LogP contribution >= 0.6 is 11.3 Å². The van der Waals surface area contributed by atoms with E-state index >= 15 is 0 Å². The fraction of sp³-hybridized carbons (Fsp3) is 0.222. The van der Waals surface area contributed by atoms with Crippen LogP contribution in [0.4, 0.5) is 0 Å². The summed E-state index contributed by atoms with van der Waals surface area (Å²) in [5.74, 6) is -1.57. The van der Waals surface area contributed by atoms with E-state index in [0.29, 0.717) is 0 Å². The van der Waals surface area contributed by atoms with Gasteiger partial charge in [-0.05, 0) is 17.7 Å². The Morgan fingerprint density at radius 1 is 1.00 bits per heavy atom. The van der Waals surface area contributed by atoms with Crippen molar-refractivity contribution in [1.29, 1.82) is 0 Å². The number of carbonyl (C=O) groups excluding carboxylic acids is 2. The quantitative estimate of drug-likeness (QED) is 0.438. The molecule has 0 radical (unpaired) electrons.